The summed E-state index contributed by atoms with van der Waals surface area (Å²) >= 11 is 0. The molecule has 0 fully saturated rings. The average Bonchev–Trinajstić information content (AvgIpc) is 3.26. The van der Waals surface area contributed by atoms with Gasteiger partial charge in [0.05, 0.1) is 0 Å². The third kappa shape index (κ3) is 5.73. The number of rotatable bonds is 4. The Morgan fingerprint density at radius 1 is 0.267 bits per heavy atom. The van der Waals surface area contributed by atoms with E-state index in [1.807, 2.05) is 0 Å². The molecule has 0 radical (unpaired) electrons. The average molecular weight is 769 g/mol. The van der Waals surface area contributed by atoms with Crippen molar-refractivity contribution < 1.29 is 0 Å². The first-order valence-electron chi connectivity index (χ1n) is 21.4. The van der Waals surface area contributed by atoms with Gasteiger partial charge in [-0.05, 0) is 149 Å². The Bertz CT molecular complexity index is 3460. The lowest BCUT2D eigenvalue weighted by Gasteiger charge is -2.25. The van der Waals surface area contributed by atoms with E-state index in [1.54, 1.807) is 0 Å². The first-order valence-corrected chi connectivity index (χ1v) is 21.4. The second-order valence-electron chi connectivity index (χ2n) is 18.9. The van der Waals surface area contributed by atoms with Gasteiger partial charge in [-0.15, -0.1) is 0 Å². The number of benzene rings is 11. The van der Waals surface area contributed by atoms with Crippen LogP contribution in [-0.2, 0) is 10.8 Å². The van der Waals surface area contributed by atoms with E-state index in [-0.39, 0.29) is 10.8 Å². The highest BCUT2D eigenvalue weighted by atomic mass is 14.3. The van der Waals surface area contributed by atoms with E-state index in [9.17, 15) is 0 Å². The summed E-state index contributed by atoms with van der Waals surface area (Å²) in [5.41, 5.74) is 12.7. The van der Waals surface area contributed by atoms with Gasteiger partial charge in [-0.1, -0.05) is 205 Å². The molecule has 288 valence electrons. The van der Waals surface area contributed by atoms with Gasteiger partial charge in [-0.2, -0.15) is 0 Å². The van der Waals surface area contributed by atoms with Crippen molar-refractivity contribution in [2.75, 3.05) is 0 Å². The van der Waals surface area contributed by atoms with Crippen LogP contribution in [0.15, 0.2) is 182 Å². The molecule has 0 N–H and O–H groups in total. The predicted molar refractivity (Wildman–Crippen MR) is 262 cm³/mol. The van der Waals surface area contributed by atoms with Crippen molar-refractivity contribution in [3.05, 3.63) is 193 Å². The van der Waals surface area contributed by atoms with Crippen LogP contribution in [0.2, 0.25) is 0 Å². The predicted octanol–water partition coefficient (Wildman–Crippen LogP) is 17.3. The van der Waals surface area contributed by atoms with Gasteiger partial charge >= 0.3 is 0 Å². The molecule has 0 heterocycles. The summed E-state index contributed by atoms with van der Waals surface area (Å²) in [7, 11) is 0. The van der Waals surface area contributed by atoms with E-state index in [1.165, 1.54) is 120 Å². The molecule has 0 atom stereocenters. The van der Waals surface area contributed by atoms with E-state index in [0.29, 0.717) is 0 Å². The maximum atomic E-state index is 2.50. The molecule has 11 aromatic rings. The summed E-state index contributed by atoms with van der Waals surface area (Å²) < 4.78 is 0. The zero-order chi connectivity index (χ0) is 40.9. The summed E-state index contributed by atoms with van der Waals surface area (Å²) in [5, 5.41) is 15.5. The standard InChI is InChI=1S/C60H48/c1-59(2,3)44-29-33-50-52(35-44)56(43-21-11-20-42(34-43)46-30-26-41-25-24-39-16-10-17-40-27-31-48(46)57(41)54(39)40)49-32-28-45(60(4,5)6)36-53(49)58(50)51-23-13-19-38-18-12-22-47(55(38)51)37-14-8-7-9-15-37/h7-36H,1-6H3. The van der Waals surface area contributed by atoms with Crippen LogP contribution in [0.25, 0.3) is 109 Å². The fourth-order valence-electron chi connectivity index (χ4n) is 10.00. The van der Waals surface area contributed by atoms with Gasteiger partial charge in [0.2, 0.25) is 0 Å². The van der Waals surface area contributed by atoms with Crippen molar-refractivity contribution in [1.29, 1.82) is 0 Å². The van der Waals surface area contributed by atoms with E-state index < -0.39 is 0 Å². The molecule has 0 aliphatic carbocycles. The number of hydrogen-bond donors (Lipinski definition) is 0. The SMILES string of the molecule is CC(C)(C)c1ccc2c(-c3cccc4cccc(-c5ccccc5)c34)c3cc(C(C)(C)C)ccc3c(-c3cccc(-c4ccc5ccc6cccc7ccc4c5c67)c3)c2c1. The third-order valence-corrected chi connectivity index (χ3v) is 13.1. The van der Waals surface area contributed by atoms with Crippen LogP contribution in [0.3, 0.4) is 0 Å². The Balaban J connectivity index is 1.25. The van der Waals surface area contributed by atoms with Crippen molar-refractivity contribution in [2.24, 2.45) is 0 Å². The monoisotopic (exact) mass is 768 g/mol. The molecule has 0 spiro atoms. The van der Waals surface area contributed by atoms with Crippen LogP contribution in [0.5, 0.6) is 0 Å². The van der Waals surface area contributed by atoms with E-state index in [0.717, 1.165) is 0 Å². The molecule has 0 heteroatoms. The normalized spacial score (nSPS) is 12.5. The smallest absolute Gasteiger partial charge is 0.00198 e. The molecule has 0 amide bonds. The summed E-state index contributed by atoms with van der Waals surface area (Å²) in [6.07, 6.45) is 0. The Kier molecular flexibility index (Phi) is 8.10. The van der Waals surface area contributed by atoms with Gasteiger partial charge < -0.3 is 0 Å². The van der Waals surface area contributed by atoms with Gasteiger partial charge in [-0.3, -0.25) is 0 Å². The lowest BCUT2D eigenvalue weighted by Crippen LogP contribution is -2.11. The summed E-state index contributed by atoms with van der Waals surface area (Å²) in [6, 6.07) is 69.0. The summed E-state index contributed by atoms with van der Waals surface area (Å²) in [4.78, 5) is 0. The highest BCUT2D eigenvalue weighted by Crippen LogP contribution is 2.49. The Morgan fingerprint density at radius 2 is 0.750 bits per heavy atom. The molecule has 0 saturated carbocycles. The van der Waals surface area contributed by atoms with E-state index in [4.69, 9.17) is 0 Å². The summed E-state index contributed by atoms with van der Waals surface area (Å²) in [6.45, 7) is 14.0. The minimum atomic E-state index is -0.0282. The van der Waals surface area contributed by atoms with Gasteiger partial charge in [0.15, 0.2) is 0 Å². The van der Waals surface area contributed by atoms with Crippen LogP contribution < -0.4 is 0 Å². The molecular formula is C60H48. The highest BCUT2D eigenvalue weighted by molar-refractivity contribution is 6.27. The molecule has 11 rings (SSSR count). The van der Waals surface area contributed by atoms with Crippen LogP contribution in [0.1, 0.15) is 52.7 Å². The Morgan fingerprint density at radius 3 is 1.42 bits per heavy atom. The molecule has 0 aromatic heterocycles. The lowest BCUT2D eigenvalue weighted by atomic mass is 9.78. The molecule has 0 saturated heterocycles. The number of fused-ring (bicyclic) bond motifs is 3. The zero-order valence-corrected chi connectivity index (χ0v) is 35.3. The van der Waals surface area contributed by atoms with Crippen molar-refractivity contribution in [2.45, 2.75) is 52.4 Å². The second-order valence-corrected chi connectivity index (χ2v) is 18.9. The largest absolute Gasteiger partial charge is 0.0622 e. The first-order chi connectivity index (χ1) is 29.0. The molecule has 60 heavy (non-hydrogen) atoms. The minimum Gasteiger partial charge on any atom is -0.0622 e. The van der Waals surface area contributed by atoms with E-state index >= 15 is 0 Å². The third-order valence-electron chi connectivity index (χ3n) is 13.1. The fourth-order valence-corrected chi connectivity index (χ4v) is 10.00. The molecule has 0 unspecified atom stereocenters. The van der Waals surface area contributed by atoms with Gasteiger partial charge in [-0.25, -0.2) is 0 Å². The van der Waals surface area contributed by atoms with Crippen LogP contribution in [0, 0.1) is 0 Å². The lowest BCUT2D eigenvalue weighted by molar-refractivity contribution is 0.590. The van der Waals surface area contributed by atoms with Crippen molar-refractivity contribution in [1.82, 2.24) is 0 Å². The highest BCUT2D eigenvalue weighted by Gasteiger charge is 2.24. The first kappa shape index (κ1) is 36.3. The Labute approximate surface area is 353 Å². The van der Waals surface area contributed by atoms with Crippen LogP contribution in [0.4, 0.5) is 0 Å². The topological polar surface area (TPSA) is 0 Å². The number of hydrogen-bond acceptors (Lipinski definition) is 0. The minimum absolute atomic E-state index is 0.0276. The van der Waals surface area contributed by atoms with Crippen molar-refractivity contribution in [3.8, 4) is 44.5 Å². The zero-order valence-electron chi connectivity index (χ0n) is 35.3. The second kappa shape index (κ2) is 13.4. The van der Waals surface area contributed by atoms with Crippen molar-refractivity contribution in [3.63, 3.8) is 0 Å². The van der Waals surface area contributed by atoms with Gasteiger partial charge in [0, 0.05) is 0 Å². The summed E-state index contributed by atoms with van der Waals surface area (Å²) in [5.74, 6) is 0. The fraction of sp³-hybridized carbons (Fsp3) is 0.133. The molecule has 0 bridgehead atoms. The molecular weight excluding hydrogens is 721 g/mol. The molecule has 0 aliphatic heterocycles. The van der Waals surface area contributed by atoms with Crippen molar-refractivity contribution >= 4 is 64.6 Å². The molecule has 0 nitrogen and oxygen atoms in total. The van der Waals surface area contributed by atoms with E-state index in [2.05, 4.69) is 224 Å². The quantitative estimate of drug-likeness (QED) is 0.124. The van der Waals surface area contributed by atoms with Gasteiger partial charge in [0.25, 0.3) is 0 Å². The maximum Gasteiger partial charge on any atom is -0.00198 e. The maximum absolute atomic E-state index is 2.50. The van der Waals surface area contributed by atoms with Crippen LogP contribution in [-0.4, -0.2) is 0 Å². The molecule has 0 aliphatic rings. The molecule has 11 aromatic carbocycles. The van der Waals surface area contributed by atoms with Crippen LogP contribution >= 0.6 is 0 Å². The van der Waals surface area contributed by atoms with Gasteiger partial charge in [0.1, 0.15) is 0 Å². The Hall–Kier alpha value is -6.76.